The topological polar surface area (TPSA) is 64.6 Å². The Morgan fingerprint density at radius 1 is 1.00 bits per heavy atom. The number of ether oxygens (including phenoxy) is 2. The molecule has 0 aliphatic heterocycles. The fraction of sp³-hybridized carbons (Fsp3) is 0.176. The highest BCUT2D eigenvalue weighted by molar-refractivity contribution is 5.93. The molecule has 0 aliphatic rings. The van der Waals surface area contributed by atoms with Crippen molar-refractivity contribution in [1.82, 2.24) is 5.32 Å². The SMILES string of the molecule is COC(=O)c1ccccc1OC(=O)NCCc1ccccc1. The second-order valence-electron chi connectivity index (χ2n) is 4.54. The molecule has 0 saturated carbocycles. The molecule has 1 amide bonds. The van der Waals surface area contributed by atoms with E-state index >= 15 is 0 Å². The molecule has 0 unspecified atom stereocenters. The van der Waals surface area contributed by atoms with Crippen molar-refractivity contribution >= 4 is 12.1 Å². The third-order valence-electron chi connectivity index (χ3n) is 3.02. The summed E-state index contributed by atoms with van der Waals surface area (Å²) in [6.07, 6.45) is 0.0986. The maximum Gasteiger partial charge on any atom is 0.412 e. The van der Waals surface area contributed by atoms with E-state index < -0.39 is 12.1 Å². The molecule has 0 radical (unpaired) electrons. The lowest BCUT2D eigenvalue weighted by Crippen LogP contribution is -2.29. The van der Waals surface area contributed by atoms with E-state index in [1.807, 2.05) is 30.3 Å². The summed E-state index contributed by atoms with van der Waals surface area (Å²) in [6.45, 7) is 0.448. The molecule has 0 aromatic heterocycles. The number of benzene rings is 2. The summed E-state index contributed by atoms with van der Waals surface area (Å²) in [6, 6.07) is 16.2. The Bertz CT molecular complexity index is 640. The van der Waals surface area contributed by atoms with Crippen LogP contribution >= 0.6 is 0 Å². The number of hydrogen-bond acceptors (Lipinski definition) is 4. The maximum atomic E-state index is 11.8. The summed E-state index contributed by atoms with van der Waals surface area (Å²) >= 11 is 0. The van der Waals surface area contributed by atoms with Crippen LogP contribution in [-0.2, 0) is 11.2 Å². The van der Waals surface area contributed by atoms with Crippen molar-refractivity contribution in [3.05, 3.63) is 65.7 Å². The summed E-state index contributed by atoms with van der Waals surface area (Å²) in [5.74, 6) is -0.376. The first-order valence-electron chi connectivity index (χ1n) is 6.87. The highest BCUT2D eigenvalue weighted by Gasteiger charge is 2.14. The van der Waals surface area contributed by atoms with Gasteiger partial charge in [0.1, 0.15) is 11.3 Å². The van der Waals surface area contributed by atoms with E-state index in [1.165, 1.54) is 7.11 Å². The van der Waals surface area contributed by atoms with Gasteiger partial charge in [-0.2, -0.15) is 0 Å². The van der Waals surface area contributed by atoms with Gasteiger partial charge in [-0.1, -0.05) is 42.5 Å². The summed E-state index contributed by atoms with van der Waals surface area (Å²) < 4.78 is 9.80. The first kappa shape index (κ1) is 15.6. The Labute approximate surface area is 128 Å². The number of methoxy groups -OCH3 is 1. The third kappa shape index (κ3) is 4.34. The van der Waals surface area contributed by atoms with Crippen LogP contribution in [0.25, 0.3) is 0 Å². The summed E-state index contributed by atoms with van der Waals surface area (Å²) in [5.41, 5.74) is 1.33. The maximum absolute atomic E-state index is 11.8. The number of para-hydroxylation sites is 1. The van der Waals surface area contributed by atoms with Gasteiger partial charge >= 0.3 is 12.1 Å². The average molecular weight is 299 g/mol. The fourth-order valence-corrected chi connectivity index (χ4v) is 1.92. The summed E-state index contributed by atoms with van der Waals surface area (Å²) in [5, 5.41) is 2.65. The van der Waals surface area contributed by atoms with Gasteiger partial charge in [0.15, 0.2) is 0 Å². The molecule has 5 nitrogen and oxygen atoms in total. The van der Waals surface area contributed by atoms with Crippen LogP contribution in [0, 0.1) is 0 Å². The minimum atomic E-state index is -0.604. The minimum absolute atomic E-state index is 0.173. The Morgan fingerprint density at radius 3 is 2.41 bits per heavy atom. The molecule has 2 aromatic carbocycles. The molecule has 22 heavy (non-hydrogen) atoms. The third-order valence-corrected chi connectivity index (χ3v) is 3.02. The van der Waals surface area contributed by atoms with E-state index in [4.69, 9.17) is 4.74 Å². The van der Waals surface area contributed by atoms with E-state index in [1.54, 1.807) is 24.3 Å². The van der Waals surface area contributed by atoms with E-state index in [2.05, 4.69) is 10.1 Å². The molecule has 0 spiro atoms. The van der Waals surface area contributed by atoms with E-state index in [-0.39, 0.29) is 11.3 Å². The van der Waals surface area contributed by atoms with Gasteiger partial charge in [-0.15, -0.1) is 0 Å². The number of carbonyl (C=O) groups excluding carboxylic acids is 2. The zero-order valence-corrected chi connectivity index (χ0v) is 12.2. The smallest absolute Gasteiger partial charge is 0.412 e. The Balaban J connectivity index is 1.88. The van der Waals surface area contributed by atoms with Crippen LogP contribution in [0.5, 0.6) is 5.75 Å². The van der Waals surface area contributed by atoms with Gasteiger partial charge in [-0.05, 0) is 24.1 Å². The van der Waals surface area contributed by atoms with Gasteiger partial charge in [0.25, 0.3) is 0 Å². The zero-order valence-electron chi connectivity index (χ0n) is 12.2. The van der Waals surface area contributed by atoms with Crippen LogP contribution in [-0.4, -0.2) is 25.7 Å². The minimum Gasteiger partial charge on any atom is -0.465 e. The van der Waals surface area contributed by atoms with Crippen molar-refractivity contribution in [2.24, 2.45) is 0 Å². The Hall–Kier alpha value is -2.82. The molecular formula is C17H17NO4. The number of esters is 1. The van der Waals surface area contributed by atoms with Crippen LogP contribution in [0.1, 0.15) is 15.9 Å². The predicted octanol–water partition coefficient (Wildman–Crippen LogP) is 2.80. The molecule has 0 atom stereocenters. The number of amides is 1. The van der Waals surface area contributed by atoms with Crippen LogP contribution in [0.3, 0.4) is 0 Å². The molecule has 114 valence electrons. The van der Waals surface area contributed by atoms with Crippen LogP contribution in [0.4, 0.5) is 4.79 Å². The van der Waals surface area contributed by atoms with Crippen LogP contribution < -0.4 is 10.1 Å². The first-order valence-corrected chi connectivity index (χ1v) is 6.87. The first-order chi connectivity index (χ1) is 10.7. The predicted molar refractivity (Wildman–Crippen MR) is 82.0 cm³/mol. The molecule has 2 rings (SSSR count). The number of carbonyl (C=O) groups is 2. The lowest BCUT2D eigenvalue weighted by atomic mass is 10.1. The van der Waals surface area contributed by atoms with Gasteiger partial charge in [-0.3, -0.25) is 0 Å². The van der Waals surface area contributed by atoms with Gasteiger partial charge in [0.2, 0.25) is 0 Å². The van der Waals surface area contributed by atoms with Gasteiger partial charge in [0, 0.05) is 6.54 Å². The van der Waals surface area contributed by atoms with Crippen molar-refractivity contribution in [2.45, 2.75) is 6.42 Å². The number of hydrogen-bond donors (Lipinski definition) is 1. The standard InChI is InChI=1S/C17H17NO4/c1-21-16(19)14-9-5-6-10-15(14)22-17(20)18-12-11-13-7-3-2-4-8-13/h2-10H,11-12H2,1H3,(H,18,20). The molecule has 5 heteroatoms. The molecule has 0 aliphatic carbocycles. The highest BCUT2D eigenvalue weighted by atomic mass is 16.6. The fourth-order valence-electron chi connectivity index (χ4n) is 1.92. The molecule has 0 heterocycles. The van der Waals surface area contributed by atoms with Gasteiger partial charge in [-0.25, -0.2) is 9.59 Å². The zero-order chi connectivity index (χ0) is 15.8. The van der Waals surface area contributed by atoms with E-state index in [0.717, 1.165) is 5.56 Å². The molecular weight excluding hydrogens is 282 g/mol. The van der Waals surface area contributed by atoms with Crippen molar-refractivity contribution in [3.8, 4) is 5.75 Å². The number of rotatable bonds is 5. The lowest BCUT2D eigenvalue weighted by Gasteiger charge is -2.09. The van der Waals surface area contributed by atoms with Crippen molar-refractivity contribution in [2.75, 3.05) is 13.7 Å². The highest BCUT2D eigenvalue weighted by Crippen LogP contribution is 2.18. The monoisotopic (exact) mass is 299 g/mol. The van der Waals surface area contributed by atoms with E-state index in [9.17, 15) is 9.59 Å². The largest absolute Gasteiger partial charge is 0.465 e. The van der Waals surface area contributed by atoms with Crippen molar-refractivity contribution < 1.29 is 19.1 Å². The summed E-state index contributed by atoms with van der Waals surface area (Å²) in [4.78, 5) is 23.4. The second-order valence-corrected chi connectivity index (χ2v) is 4.54. The number of nitrogens with one attached hydrogen (secondary N) is 1. The average Bonchev–Trinajstić information content (AvgIpc) is 2.55. The Morgan fingerprint density at radius 2 is 1.68 bits per heavy atom. The molecule has 1 N–H and O–H groups in total. The quantitative estimate of drug-likeness (QED) is 0.862. The van der Waals surface area contributed by atoms with Crippen LogP contribution in [0.2, 0.25) is 0 Å². The summed E-state index contributed by atoms with van der Waals surface area (Å²) in [7, 11) is 1.28. The molecule has 0 bridgehead atoms. The van der Waals surface area contributed by atoms with E-state index in [0.29, 0.717) is 13.0 Å². The second kappa shape index (κ2) is 7.83. The van der Waals surface area contributed by atoms with Crippen LogP contribution in [0.15, 0.2) is 54.6 Å². The lowest BCUT2D eigenvalue weighted by molar-refractivity contribution is 0.0598. The molecule has 2 aromatic rings. The van der Waals surface area contributed by atoms with Gasteiger partial charge < -0.3 is 14.8 Å². The van der Waals surface area contributed by atoms with Crippen molar-refractivity contribution in [1.29, 1.82) is 0 Å². The van der Waals surface area contributed by atoms with Crippen molar-refractivity contribution in [3.63, 3.8) is 0 Å². The molecule has 0 fully saturated rings. The Kier molecular flexibility index (Phi) is 5.54. The van der Waals surface area contributed by atoms with Gasteiger partial charge in [0.05, 0.1) is 7.11 Å². The molecule has 0 saturated heterocycles. The normalized spacial score (nSPS) is 9.86.